The van der Waals surface area contributed by atoms with Gasteiger partial charge in [0.2, 0.25) is 0 Å². The van der Waals surface area contributed by atoms with Gasteiger partial charge in [-0.3, -0.25) is 4.18 Å². The first-order valence-corrected chi connectivity index (χ1v) is 7.89. The van der Waals surface area contributed by atoms with Crippen molar-refractivity contribution in [2.24, 2.45) is 0 Å². The van der Waals surface area contributed by atoms with E-state index in [4.69, 9.17) is 4.18 Å². The highest BCUT2D eigenvalue weighted by molar-refractivity contribution is 7.86. The van der Waals surface area contributed by atoms with E-state index in [2.05, 4.69) is 4.74 Å². The molecule has 0 bridgehead atoms. The molecular weight excluding hydrogens is 280 g/mol. The smallest absolute Gasteiger partial charge is 0.336 e. The van der Waals surface area contributed by atoms with Gasteiger partial charge >= 0.3 is 5.97 Å². The van der Waals surface area contributed by atoms with Crippen LogP contribution in [-0.4, -0.2) is 27.6 Å². The lowest BCUT2D eigenvalue weighted by atomic mass is 10.2. The molecule has 1 rings (SSSR count). The second-order valence-corrected chi connectivity index (χ2v) is 6.09. The number of aryl methyl sites for hydroxylation is 1. The van der Waals surface area contributed by atoms with E-state index in [0.29, 0.717) is 12.8 Å². The van der Waals surface area contributed by atoms with E-state index in [0.717, 1.165) is 12.0 Å². The van der Waals surface area contributed by atoms with Crippen molar-refractivity contribution in [2.75, 3.05) is 7.11 Å². The Morgan fingerprint density at radius 2 is 2.05 bits per heavy atom. The molecule has 20 heavy (non-hydrogen) atoms. The number of hydrogen-bond donors (Lipinski definition) is 0. The highest BCUT2D eigenvalue weighted by Gasteiger charge is 2.27. The molecule has 6 heteroatoms. The number of unbranched alkanes of at least 4 members (excludes halogenated alkanes) is 1. The molecule has 0 aliphatic carbocycles. The van der Waals surface area contributed by atoms with Gasteiger partial charge in [-0.25, -0.2) is 4.79 Å². The molecule has 0 aromatic heterocycles. The largest absolute Gasteiger partial charge is 0.467 e. The first-order valence-electron chi connectivity index (χ1n) is 6.48. The number of methoxy groups -OCH3 is 1. The molecule has 0 saturated heterocycles. The van der Waals surface area contributed by atoms with Crippen LogP contribution in [0.25, 0.3) is 0 Å². The van der Waals surface area contributed by atoms with Crippen molar-refractivity contribution in [3.05, 3.63) is 29.8 Å². The molecule has 0 heterocycles. The van der Waals surface area contributed by atoms with E-state index < -0.39 is 22.2 Å². The second-order valence-electron chi connectivity index (χ2n) is 4.52. The lowest BCUT2D eigenvalue weighted by Crippen LogP contribution is -2.28. The highest BCUT2D eigenvalue weighted by Crippen LogP contribution is 2.18. The Kier molecular flexibility index (Phi) is 6.16. The number of esters is 1. The average molecular weight is 300 g/mol. The average Bonchev–Trinajstić information content (AvgIpc) is 2.42. The van der Waals surface area contributed by atoms with E-state index >= 15 is 0 Å². The van der Waals surface area contributed by atoms with Gasteiger partial charge in [0.15, 0.2) is 6.10 Å². The molecule has 0 fully saturated rings. The Morgan fingerprint density at radius 1 is 1.35 bits per heavy atom. The molecule has 1 unspecified atom stereocenters. The zero-order valence-electron chi connectivity index (χ0n) is 12.0. The van der Waals surface area contributed by atoms with Gasteiger partial charge in [0, 0.05) is 0 Å². The molecule has 0 saturated carbocycles. The Bertz CT molecular complexity index is 550. The fourth-order valence-electron chi connectivity index (χ4n) is 1.71. The third-order valence-corrected chi connectivity index (χ3v) is 4.12. The van der Waals surface area contributed by atoms with Crippen LogP contribution in [0.3, 0.4) is 0 Å². The molecule has 1 aromatic carbocycles. The minimum atomic E-state index is -3.97. The molecule has 1 aromatic rings. The second kappa shape index (κ2) is 7.40. The summed E-state index contributed by atoms with van der Waals surface area (Å²) in [5.74, 6) is -0.672. The fraction of sp³-hybridized carbons (Fsp3) is 0.500. The molecule has 112 valence electrons. The fourth-order valence-corrected chi connectivity index (χ4v) is 2.87. The van der Waals surface area contributed by atoms with Gasteiger partial charge in [0.05, 0.1) is 12.0 Å². The summed E-state index contributed by atoms with van der Waals surface area (Å²) in [6, 6.07) is 6.36. The highest BCUT2D eigenvalue weighted by atomic mass is 32.2. The van der Waals surface area contributed by atoms with Crippen LogP contribution in [0.4, 0.5) is 0 Å². The minimum Gasteiger partial charge on any atom is -0.467 e. The number of hydrogen-bond acceptors (Lipinski definition) is 5. The summed E-state index contributed by atoms with van der Waals surface area (Å²) in [7, 11) is -2.76. The number of carbonyl (C=O) groups is 1. The number of carbonyl (C=O) groups excluding carboxylic acids is 1. The molecule has 1 atom stereocenters. The van der Waals surface area contributed by atoms with Gasteiger partial charge in [-0.05, 0) is 31.0 Å². The zero-order chi connectivity index (χ0) is 15.2. The van der Waals surface area contributed by atoms with Gasteiger partial charge < -0.3 is 4.74 Å². The summed E-state index contributed by atoms with van der Waals surface area (Å²) in [5.41, 5.74) is 0.804. The number of rotatable bonds is 7. The van der Waals surface area contributed by atoms with Crippen LogP contribution in [0, 0.1) is 6.92 Å². The van der Waals surface area contributed by atoms with Crippen LogP contribution in [0.15, 0.2) is 29.2 Å². The number of ether oxygens (including phenoxy) is 1. The molecule has 0 aliphatic rings. The standard InChI is InChI=1S/C14H20O5S/c1-4-5-9-13(14(15)18-3)19-20(16,17)12-8-6-7-11(2)10-12/h6-8,10,13H,4-5,9H2,1-3H3. The van der Waals surface area contributed by atoms with Crippen molar-refractivity contribution >= 4 is 16.1 Å². The van der Waals surface area contributed by atoms with E-state index in [1.54, 1.807) is 19.1 Å². The molecule has 5 nitrogen and oxygen atoms in total. The first-order chi connectivity index (χ1) is 9.40. The van der Waals surface area contributed by atoms with Gasteiger partial charge in [-0.2, -0.15) is 8.42 Å². The van der Waals surface area contributed by atoms with Crippen LogP contribution in [0.2, 0.25) is 0 Å². The van der Waals surface area contributed by atoms with Crippen LogP contribution < -0.4 is 0 Å². The summed E-state index contributed by atoms with van der Waals surface area (Å²) in [4.78, 5) is 11.6. The third-order valence-electron chi connectivity index (χ3n) is 2.80. The summed E-state index contributed by atoms with van der Waals surface area (Å²) in [5, 5.41) is 0. The number of benzene rings is 1. The Morgan fingerprint density at radius 3 is 2.60 bits per heavy atom. The normalized spacial score (nSPS) is 12.9. The van der Waals surface area contributed by atoms with Crippen molar-refractivity contribution in [3.63, 3.8) is 0 Å². The zero-order valence-corrected chi connectivity index (χ0v) is 12.8. The molecule has 0 aliphatic heterocycles. The predicted octanol–water partition coefficient (Wildman–Crippen LogP) is 2.43. The van der Waals surface area contributed by atoms with Gasteiger partial charge in [-0.15, -0.1) is 0 Å². The summed E-state index contributed by atoms with van der Waals surface area (Å²) < 4.78 is 33.9. The van der Waals surface area contributed by atoms with Crippen LogP contribution in [0.1, 0.15) is 31.7 Å². The van der Waals surface area contributed by atoms with Crippen LogP contribution in [0.5, 0.6) is 0 Å². The third kappa shape index (κ3) is 4.61. The van der Waals surface area contributed by atoms with Gasteiger partial charge in [0.25, 0.3) is 10.1 Å². The topological polar surface area (TPSA) is 69.7 Å². The van der Waals surface area contributed by atoms with Crippen molar-refractivity contribution in [1.82, 2.24) is 0 Å². The maximum atomic E-state index is 12.1. The lowest BCUT2D eigenvalue weighted by molar-refractivity contribution is -0.149. The van der Waals surface area contributed by atoms with Gasteiger partial charge in [-0.1, -0.05) is 31.9 Å². The summed E-state index contributed by atoms with van der Waals surface area (Å²) in [6.07, 6.45) is 0.740. The Hall–Kier alpha value is -1.40. The van der Waals surface area contributed by atoms with Gasteiger partial charge in [0.1, 0.15) is 0 Å². The predicted molar refractivity (Wildman–Crippen MR) is 74.8 cm³/mol. The van der Waals surface area contributed by atoms with Crippen LogP contribution in [-0.2, 0) is 23.8 Å². The summed E-state index contributed by atoms with van der Waals surface area (Å²) >= 11 is 0. The van der Waals surface area contributed by atoms with Crippen molar-refractivity contribution in [2.45, 2.75) is 44.1 Å². The molecule has 0 spiro atoms. The SMILES string of the molecule is CCCCC(OS(=O)(=O)c1cccc(C)c1)C(=O)OC. The molecular formula is C14H20O5S. The quantitative estimate of drug-likeness (QED) is 0.571. The van der Waals surface area contributed by atoms with E-state index in [9.17, 15) is 13.2 Å². The van der Waals surface area contributed by atoms with E-state index in [1.165, 1.54) is 19.2 Å². The van der Waals surface area contributed by atoms with Crippen molar-refractivity contribution in [1.29, 1.82) is 0 Å². The Balaban J connectivity index is 2.93. The lowest BCUT2D eigenvalue weighted by Gasteiger charge is -2.15. The maximum absolute atomic E-state index is 12.1. The first kappa shape index (κ1) is 16.7. The Labute approximate surface area is 120 Å². The van der Waals surface area contributed by atoms with Crippen molar-refractivity contribution in [3.8, 4) is 0 Å². The van der Waals surface area contributed by atoms with E-state index in [1.807, 2.05) is 6.92 Å². The van der Waals surface area contributed by atoms with Crippen LogP contribution >= 0.6 is 0 Å². The monoisotopic (exact) mass is 300 g/mol. The molecule has 0 radical (unpaired) electrons. The van der Waals surface area contributed by atoms with Crippen molar-refractivity contribution < 1.29 is 22.1 Å². The maximum Gasteiger partial charge on any atom is 0.336 e. The van der Waals surface area contributed by atoms with E-state index in [-0.39, 0.29) is 4.90 Å². The molecule has 0 amide bonds. The minimum absolute atomic E-state index is 0.0444. The molecule has 0 N–H and O–H groups in total. The summed E-state index contributed by atoms with van der Waals surface area (Å²) in [6.45, 7) is 3.73.